The number of fused-ring (bicyclic) bond motifs is 1. The molecule has 0 heterocycles. The van der Waals surface area contributed by atoms with Gasteiger partial charge in [0.2, 0.25) is 0 Å². The van der Waals surface area contributed by atoms with Gasteiger partial charge >= 0.3 is 0 Å². The summed E-state index contributed by atoms with van der Waals surface area (Å²) in [6, 6.07) is 10.9. The Kier molecular flexibility index (Phi) is 8.02. The van der Waals surface area contributed by atoms with E-state index in [4.69, 9.17) is 0 Å². The van der Waals surface area contributed by atoms with Crippen LogP contribution in [0.1, 0.15) is 38.1 Å². The largest absolute Gasteiger partial charge is 0.507 e. The Hall–Kier alpha value is -2.03. The van der Waals surface area contributed by atoms with Crippen LogP contribution in [0.2, 0.25) is 0 Å². The van der Waals surface area contributed by atoms with E-state index >= 15 is 0 Å². The molecule has 19 heavy (non-hydrogen) atoms. The zero-order chi connectivity index (χ0) is 14.8. The van der Waals surface area contributed by atoms with Crippen LogP contribution < -0.4 is 5.32 Å². The molecule has 1 amide bonds. The van der Waals surface area contributed by atoms with E-state index in [-0.39, 0.29) is 11.7 Å². The fourth-order valence-corrected chi connectivity index (χ4v) is 1.54. The number of nitrogens with one attached hydrogen (secondary N) is 1. The monoisotopic (exact) mass is 261 g/mol. The zero-order valence-corrected chi connectivity index (χ0v) is 12.3. The van der Waals surface area contributed by atoms with E-state index in [1.807, 2.05) is 52.0 Å². The molecule has 0 aliphatic carbocycles. The average molecular weight is 261 g/mol. The van der Waals surface area contributed by atoms with Gasteiger partial charge in [0.25, 0.3) is 5.91 Å². The number of rotatable bonds is 1. The third-order valence-electron chi connectivity index (χ3n) is 2.34. The first kappa shape index (κ1) is 17.0. The number of benzene rings is 2. The average Bonchev–Trinajstić information content (AvgIpc) is 2.50. The van der Waals surface area contributed by atoms with Crippen molar-refractivity contribution in [2.45, 2.75) is 27.7 Å². The lowest BCUT2D eigenvalue weighted by Gasteiger charge is -2.05. The normalized spacial score (nSPS) is 8.68. The van der Waals surface area contributed by atoms with E-state index in [9.17, 15) is 9.90 Å². The maximum absolute atomic E-state index is 11.4. The van der Waals surface area contributed by atoms with Crippen LogP contribution in [-0.2, 0) is 0 Å². The van der Waals surface area contributed by atoms with E-state index in [0.29, 0.717) is 5.56 Å². The molecule has 0 aliphatic heterocycles. The minimum absolute atomic E-state index is 0.00745. The van der Waals surface area contributed by atoms with Gasteiger partial charge in [0.1, 0.15) is 5.75 Å². The van der Waals surface area contributed by atoms with Gasteiger partial charge in [0.05, 0.1) is 5.56 Å². The number of phenolic OH excluding ortho intramolecular Hbond substituents is 1. The smallest absolute Gasteiger partial charge is 0.254 e. The number of carbonyl (C=O) groups excluding carboxylic acids is 1. The molecule has 0 bridgehead atoms. The molecule has 0 radical (unpaired) electrons. The topological polar surface area (TPSA) is 49.3 Å². The van der Waals surface area contributed by atoms with Crippen molar-refractivity contribution in [3.63, 3.8) is 0 Å². The fourth-order valence-electron chi connectivity index (χ4n) is 1.54. The standard InChI is InChI=1S/C12H11NO2.2C2H6/c1-13-12(15)10-6-8-4-2-3-5-9(8)7-11(10)14;2*1-2/h2-7,14H,1H3,(H,13,15);2*1-2H3. The van der Waals surface area contributed by atoms with E-state index in [2.05, 4.69) is 5.32 Å². The summed E-state index contributed by atoms with van der Waals surface area (Å²) in [4.78, 5) is 11.4. The van der Waals surface area contributed by atoms with Crippen molar-refractivity contribution in [2.24, 2.45) is 0 Å². The Labute approximate surface area is 115 Å². The summed E-state index contributed by atoms with van der Waals surface area (Å²) in [5.74, 6) is -0.272. The van der Waals surface area contributed by atoms with Crippen molar-refractivity contribution < 1.29 is 9.90 Å². The highest BCUT2D eigenvalue weighted by atomic mass is 16.3. The molecule has 0 aromatic heterocycles. The summed E-state index contributed by atoms with van der Waals surface area (Å²) in [7, 11) is 1.54. The number of amides is 1. The fraction of sp³-hybridized carbons (Fsp3) is 0.312. The van der Waals surface area contributed by atoms with Crippen molar-refractivity contribution in [3.05, 3.63) is 42.0 Å². The molecule has 0 unspecified atom stereocenters. The number of hydrogen-bond donors (Lipinski definition) is 2. The molecule has 0 atom stereocenters. The van der Waals surface area contributed by atoms with Crippen LogP contribution in [0.5, 0.6) is 5.75 Å². The first-order chi connectivity index (χ1) is 9.22. The van der Waals surface area contributed by atoms with Gasteiger partial charge in [-0.3, -0.25) is 4.79 Å². The Balaban J connectivity index is 0.000000741. The highest BCUT2D eigenvalue weighted by molar-refractivity contribution is 6.01. The number of hydrogen-bond acceptors (Lipinski definition) is 2. The molecule has 3 heteroatoms. The zero-order valence-electron chi connectivity index (χ0n) is 12.3. The van der Waals surface area contributed by atoms with Crippen LogP contribution in [0.3, 0.4) is 0 Å². The van der Waals surface area contributed by atoms with Crippen LogP contribution in [0.25, 0.3) is 10.8 Å². The first-order valence-corrected chi connectivity index (χ1v) is 6.66. The van der Waals surface area contributed by atoms with Crippen LogP contribution in [0.15, 0.2) is 36.4 Å². The van der Waals surface area contributed by atoms with Gasteiger partial charge in [-0.2, -0.15) is 0 Å². The molecule has 2 aromatic rings. The molecular formula is C16H23NO2. The summed E-state index contributed by atoms with van der Waals surface area (Å²) in [5.41, 5.74) is 0.302. The second-order valence-corrected chi connectivity index (χ2v) is 3.30. The molecule has 0 fully saturated rings. The number of carbonyl (C=O) groups is 1. The van der Waals surface area contributed by atoms with E-state index in [1.165, 1.54) is 7.05 Å². The Bertz CT molecular complexity index is 521. The summed E-state index contributed by atoms with van der Waals surface area (Å²) in [6.45, 7) is 8.00. The maximum atomic E-state index is 11.4. The molecule has 2 rings (SSSR count). The van der Waals surface area contributed by atoms with Crippen LogP contribution in [0, 0.1) is 0 Å². The Morgan fingerprint density at radius 1 is 1.00 bits per heavy atom. The predicted molar refractivity (Wildman–Crippen MR) is 81.7 cm³/mol. The summed E-state index contributed by atoms with van der Waals surface area (Å²) in [6.07, 6.45) is 0. The van der Waals surface area contributed by atoms with Gasteiger partial charge < -0.3 is 10.4 Å². The molecule has 104 valence electrons. The molecule has 0 saturated carbocycles. The summed E-state index contributed by atoms with van der Waals surface area (Å²) in [5, 5.41) is 14.0. The second-order valence-electron chi connectivity index (χ2n) is 3.30. The minimum atomic E-state index is -0.279. The highest BCUT2D eigenvalue weighted by Crippen LogP contribution is 2.24. The Morgan fingerprint density at radius 2 is 1.47 bits per heavy atom. The molecule has 2 N–H and O–H groups in total. The molecule has 0 aliphatic rings. The van der Waals surface area contributed by atoms with Crippen molar-refractivity contribution in [1.82, 2.24) is 5.32 Å². The van der Waals surface area contributed by atoms with Gasteiger partial charge in [0, 0.05) is 7.05 Å². The third-order valence-corrected chi connectivity index (χ3v) is 2.34. The molecule has 3 nitrogen and oxygen atoms in total. The number of aromatic hydroxyl groups is 1. The maximum Gasteiger partial charge on any atom is 0.254 e. The van der Waals surface area contributed by atoms with Crippen molar-refractivity contribution in [2.75, 3.05) is 7.05 Å². The van der Waals surface area contributed by atoms with Gasteiger partial charge in [-0.1, -0.05) is 52.0 Å². The lowest BCUT2D eigenvalue weighted by Crippen LogP contribution is -2.17. The lowest BCUT2D eigenvalue weighted by atomic mass is 10.1. The number of phenols is 1. The van der Waals surface area contributed by atoms with Gasteiger partial charge in [0.15, 0.2) is 0 Å². The van der Waals surface area contributed by atoms with Gasteiger partial charge in [-0.15, -0.1) is 0 Å². The first-order valence-electron chi connectivity index (χ1n) is 6.66. The van der Waals surface area contributed by atoms with Crippen molar-refractivity contribution >= 4 is 16.7 Å². The van der Waals surface area contributed by atoms with Crippen LogP contribution in [-0.4, -0.2) is 18.1 Å². The molecule has 0 saturated heterocycles. The van der Waals surface area contributed by atoms with Crippen LogP contribution in [0.4, 0.5) is 0 Å². The molecule has 2 aromatic carbocycles. The lowest BCUT2D eigenvalue weighted by molar-refractivity contribution is 0.0960. The predicted octanol–water partition coefficient (Wildman–Crippen LogP) is 3.96. The van der Waals surface area contributed by atoms with E-state index < -0.39 is 0 Å². The van der Waals surface area contributed by atoms with E-state index in [1.54, 1.807) is 12.1 Å². The Morgan fingerprint density at radius 3 is 1.95 bits per heavy atom. The van der Waals surface area contributed by atoms with Crippen LogP contribution >= 0.6 is 0 Å². The minimum Gasteiger partial charge on any atom is -0.507 e. The van der Waals surface area contributed by atoms with Gasteiger partial charge in [-0.05, 0) is 22.9 Å². The van der Waals surface area contributed by atoms with Crippen molar-refractivity contribution in [1.29, 1.82) is 0 Å². The summed E-state index contributed by atoms with van der Waals surface area (Å²) < 4.78 is 0. The second kappa shape index (κ2) is 8.97. The third kappa shape index (κ3) is 4.28. The SMILES string of the molecule is CC.CC.CNC(=O)c1cc2ccccc2cc1O. The molecular weight excluding hydrogens is 238 g/mol. The van der Waals surface area contributed by atoms with E-state index in [0.717, 1.165) is 10.8 Å². The quantitative estimate of drug-likeness (QED) is 0.816. The van der Waals surface area contributed by atoms with Crippen molar-refractivity contribution in [3.8, 4) is 5.75 Å². The summed E-state index contributed by atoms with van der Waals surface area (Å²) >= 11 is 0. The van der Waals surface area contributed by atoms with Gasteiger partial charge in [-0.25, -0.2) is 0 Å². The highest BCUT2D eigenvalue weighted by Gasteiger charge is 2.09. The molecule has 0 spiro atoms.